The molecule has 2 aliphatic rings. The second kappa shape index (κ2) is 8.80. The van der Waals surface area contributed by atoms with Crippen LogP contribution in [-0.4, -0.2) is 57.2 Å². The van der Waals surface area contributed by atoms with Crippen molar-refractivity contribution in [2.75, 3.05) is 37.0 Å². The highest BCUT2D eigenvalue weighted by atomic mass is 32.2. The fourth-order valence-electron chi connectivity index (χ4n) is 4.09. The standard InChI is InChI=1S/C22H27N5O2S2/c1-15-12-19(16(2)26(15)13-18-4-3-11-30-18)20(28)14-31-22-24-23-21(27(22)17-5-6-17)25-7-9-29-10-8-25/h3-4,11-12,17H,5-10,13-14H2,1-2H3. The Morgan fingerprint density at radius 2 is 2.06 bits per heavy atom. The number of anilines is 1. The van der Waals surface area contributed by atoms with E-state index in [0.717, 1.165) is 73.7 Å². The van der Waals surface area contributed by atoms with Crippen molar-refractivity contribution in [2.45, 2.75) is 44.4 Å². The summed E-state index contributed by atoms with van der Waals surface area (Å²) < 4.78 is 9.95. The van der Waals surface area contributed by atoms with E-state index in [1.807, 2.05) is 13.0 Å². The van der Waals surface area contributed by atoms with Gasteiger partial charge >= 0.3 is 0 Å². The fourth-order valence-corrected chi connectivity index (χ4v) is 5.67. The molecule has 5 rings (SSSR count). The summed E-state index contributed by atoms with van der Waals surface area (Å²) in [6, 6.07) is 6.69. The van der Waals surface area contributed by atoms with E-state index in [1.54, 1.807) is 11.3 Å². The molecule has 0 spiro atoms. The molecule has 0 radical (unpaired) electrons. The van der Waals surface area contributed by atoms with Crippen molar-refractivity contribution < 1.29 is 9.53 Å². The number of rotatable bonds is 8. The Morgan fingerprint density at radius 3 is 2.77 bits per heavy atom. The van der Waals surface area contributed by atoms with E-state index in [4.69, 9.17) is 4.74 Å². The van der Waals surface area contributed by atoms with E-state index in [2.05, 4.69) is 48.7 Å². The highest BCUT2D eigenvalue weighted by Gasteiger charge is 2.32. The summed E-state index contributed by atoms with van der Waals surface area (Å²) in [4.78, 5) is 16.6. The number of thiophene rings is 1. The highest BCUT2D eigenvalue weighted by Crippen LogP contribution is 2.41. The largest absolute Gasteiger partial charge is 0.378 e. The molecule has 164 valence electrons. The number of aromatic nitrogens is 4. The first-order valence-electron chi connectivity index (χ1n) is 10.7. The van der Waals surface area contributed by atoms with Crippen molar-refractivity contribution in [2.24, 2.45) is 0 Å². The van der Waals surface area contributed by atoms with E-state index in [1.165, 1.54) is 16.6 Å². The quantitative estimate of drug-likeness (QED) is 0.377. The van der Waals surface area contributed by atoms with Crippen LogP contribution < -0.4 is 4.90 Å². The Morgan fingerprint density at radius 1 is 1.26 bits per heavy atom. The molecule has 1 aliphatic carbocycles. The number of Topliss-reactive ketones (excluding diaryl/α,β-unsaturated/α-hetero) is 1. The van der Waals surface area contributed by atoms with Crippen molar-refractivity contribution in [3.8, 4) is 0 Å². The van der Waals surface area contributed by atoms with Crippen LogP contribution in [0.25, 0.3) is 0 Å². The molecular weight excluding hydrogens is 430 g/mol. The Balaban J connectivity index is 1.30. The summed E-state index contributed by atoms with van der Waals surface area (Å²) in [5.41, 5.74) is 2.97. The minimum atomic E-state index is 0.147. The lowest BCUT2D eigenvalue weighted by atomic mass is 10.2. The molecule has 0 amide bonds. The molecule has 1 saturated heterocycles. The summed E-state index contributed by atoms with van der Waals surface area (Å²) in [5.74, 6) is 1.45. The minimum absolute atomic E-state index is 0.147. The van der Waals surface area contributed by atoms with Gasteiger partial charge in [0.15, 0.2) is 10.9 Å². The van der Waals surface area contributed by atoms with Gasteiger partial charge in [-0.1, -0.05) is 17.8 Å². The first-order valence-corrected chi connectivity index (χ1v) is 12.6. The lowest BCUT2D eigenvalue weighted by Crippen LogP contribution is -2.38. The predicted molar refractivity (Wildman–Crippen MR) is 124 cm³/mol. The van der Waals surface area contributed by atoms with Gasteiger partial charge in [0.25, 0.3) is 0 Å². The summed E-state index contributed by atoms with van der Waals surface area (Å²) in [6.45, 7) is 8.05. The third kappa shape index (κ3) is 4.31. The number of hydrogen-bond donors (Lipinski definition) is 0. The predicted octanol–water partition coefficient (Wildman–Crippen LogP) is 3.95. The first kappa shape index (κ1) is 20.8. The molecule has 2 fully saturated rings. The lowest BCUT2D eigenvalue weighted by Gasteiger charge is -2.27. The van der Waals surface area contributed by atoms with Crippen molar-refractivity contribution in [3.05, 3.63) is 45.4 Å². The first-order chi connectivity index (χ1) is 15.1. The molecule has 0 aromatic carbocycles. The van der Waals surface area contributed by atoms with Crippen LogP contribution in [-0.2, 0) is 11.3 Å². The molecule has 9 heteroatoms. The van der Waals surface area contributed by atoms with Gasteiger partial charge in [0.05, 0.1) is 25.5 Å². The summed E-state index contributed by atoms with van der Waals surface area (Å²) in [7, 11) is 0. The van der Waals surface area contributed by atoms with Crippen molar-refractivity contribution in [1.82, 2.24) is 19.3 Å². The maximum atomic E-state index is 13.1. The zero-order valence-corrected chi connectivity index (χ0v) is 19.5. The van der Waals surface area contributed by atoms with Crippen LogP contribution in [0, 0.1) is 13.8 Å². The van der Waals surface area contributed by atoms with Crippen LogP contribution in [0.3, 0.4) is 0 Å². The van der Waals surface area contributed by atoms with Crippen molar-refractivity contribution >= 4 is 34.8 Å². The van der Waals surface area contributed by atoms with Crippen LogP contribution >= 0.6 is 23.1 Å². The third-order valence-corrected chi connectivity index (χ3v) is 7.76. The average molecular weight is 458 g/mol. The zero-order chi connectivity index (χ0) is 21.4. The molecule has 3 aromatic rings. The van der Waals surface area contributed by atoms with E-state index in [9.17, 15) is 4.79 Å². The molecule has 0 N–H and O–H groups in total. The van der Waals surface area contributed by atoms with E-state index in [-0.39, 0.29) is 5.78 Å². The van der Waals surface area contributed by atoms with Gasteiger partial charge in [-0.15, -0.1) is 21.5 Å². The zero-order valence-electron chi connectivity index (χ0n) is 17.9. The Labute approximate surface area is 190 Å². The van der Waals surface area contributed by atoms with Gasteiger partial charge in [-0.25, -0.2) is 0 Å². The number of carbonyl (C=O) groups is 1. The maximum Gasteiger partial charge on any atom is 0.228 e. The molecule has 0 bridgehead atoms. The molecular formula is C22H27N5O2S2. The molecule has 31 heavy (non-hydrogen) atoms. The van der Waals surface area contributed by atoms with Crippen LogP contribution in [0.15, 0.2) is 28.7 Å². The van der Waals surface area contributed by atoms with E-state index >= 15 is 0 Å². The van der Waals surface area contributed by atoms with Crippen LogP contribution in [0.2, 0.25) is 0 Å². The monoisotopic (exact) mass is 457 g/mol. The van der Waals surface area contributed by atoms with Gasteiger partial charge in [0.1, 0.15) is 0 Å². The number of ketones is 1. The van der Waals surface area contributed by atoms with Gasteiger partial charge < -0.3 is 14.2 Å². The molecule has 3 aromatic heterocycles. The van der Waals surface area contributed by atoms with Gasteiger partial charge in [0, 0.05) is 41.0 Å². The number of aryl methyl sites for hydroxylation is 1. The van der Waals surface area contributed by atoms with Crippen molar-refractivity contribution in [3.63, 3.8) is 0 Å². The Kier molecular flexibility index (Phi) is 5.90. The number of morpholine rings is 1. The number of hydrogen-bond acceptors (Lipinski definition) is 7. The molecule has 1 aliphatic heterocycles. The summed E-state index contributed by atoms with van der Waals surface area (Å²) in [5, 5.41) is 11.9. The molecule has 1 saturated carbocycles. The molecule has 7 nitrogen and oxygen atoms in total. The second-order valence-corrected chi connectivity index (χ2v) is 10.1. The average Bonchev–Trinajstić information content (AvgIpc) is 3.20. The number of ether oxygens (including phenoxy) is 1. The number of thioether (sulfide) groups is 1. The SMILES string of the molecule is Cc1cc(C(=O)CSc2nnc(N3CCOCC3)n2C2CC2)c(C)n1Cc1cccs1. The summed E-state index contributed by atoms with van der Waals surface area (Å²) in [6.07, 6.45) is 2.31. The van der Waals surface area contributed by atoms with Crippen LogP contribution in [0.5, 0.6) is 0 Å². The highest BCUT2D eigenvalue weighted by molar-refractivity contribution is 7.99. The van der Waals surface area contributed by atoms with Gasteiger partial charge in [-0.05, 0) is 44.2 Å². The molecule has 4 heterocycles. The van der Waals surface area contributed by atoms with Gasteiger partial charge in [-0.3, -0.25) is 9.36 Å². The Bertz CT molecular complexity index is 1060. The van der Waals surface area contributed by atoms with E-state index < -0.39 is 0 Å². The lowest BCUT2D eigenvalue weighted by molar-refractivity contribution is 0.102. The normalized spacial score (nSPS) is 16.8. The van der Waals surface area contributed by atoms with Gasteiger partial charge in [-0.2, -0.15) is 0 Å². The molecule has 0 unspecified atom stereocenters. The Hall–Kier alpha value is -2.10. The smallest absolute Gasteiger partial charge is 0.228 e. The fraction of sp³-hybridized carbons (Fsp3) is 0.500. The van der Waals surface area contributed by atoms with Crippen LogP contribution in [0.4, 0.5) is 5.95 Å². The number of carbonyl (C=O) groups excluding carboxylic acids is 1. The minimum Gasteiger partial charge on any atom is -0.378 e. The third-order valence-electron chi connectivity index (χ3n) is 5.95. The van der Waals surface area contributed by atoms with E-state index in [0.29, 0.717) is 11.8 Å². The van der Waals surface area contributed by atoms with Crippen LogP contribution in [0.1, 0.15) is 45.5 Å². The van der Waals surface area contributed by atoms with Crippen molar-refractivity contribution in [1.29, 1.82) is 0 Å². The summed E-state index contributed by atoms with van der Waals surface area (Å²) >= 11 is 3.25. The second-order valence-electron chi connectivity index (χ2n) is 8.15. The molecule has 0 atom stereocenters. The van der Waals surface area contributed by atoms with Gasteiger partial charge in [0.2, 0.25) is 5.95 Å². The topological polar surface area (TPSA) is 65.2 Å². The number of nitrogens with zero attached hydrogens (tertiary/aromatic N) is 5. The maximum absolute atomic E-state index is 13.1.